The number of aliphatic imine (C=N–C) groups is 2. The first-order valence-electron chi connectivity index (χ1n) is 9.94. The highest BCUT2D eigenvalue weighted by atomic mass is 16.2. The molecule has 0 unspecified atom stereocenters. The van der Waals surface area contributed by atoms with E-state index in [1.807, 2.05) is 51.3 Å². The van der Waals surface area contributed by atoms with Gasteiger partial charge in [-0.2, -0.15) is 0 Å². The van der Waals surface area contributed by atoms with Crippen LogP contribution in [-0.4, -0.2) is 72.3 Å². The van der Waals surface area contributed by atoms with Gasteiger partial charge in [0.2, 0.25) is 11.8 Å². The zero-order valence-electron chi connectivity index (χ0n) is 17.7. The van der Waals surface area contributed by atoms with Crippen LogP contribution in [0.3, 0.4) is 0 Å². The molecular weight excluding hydrogens is 328 g/mol. The van der Waals surface area contributed by atoms with E-state index < -0.39 is 0 Å². The zero-order valence-corrected chi connectivity index (χ0v) is 17.7. The second kappa shape index (κ2) is 14.4. The molecule has 0 aromatic rings. The minimum absolute atomic E-state index is 0.148. The maximum absolute atomic E-state index is 12.0. The minimum atomic E-state index is 0.148. The maximum Gasteiger partial charge on any atom is 0.228 e. The Hall–Kier alpha value is -1.72. The second-order valence-electron chi connectivity index (χ2n) is 6.43. The van der Waals surface area contributed by atoms with E-state index in [0.29, 0.717) is 12.8 Å². The highest BCUT2D eigenvalue weighted by molar-refractivity contribution is 6.00. The first kappa shape index (κ1) is 24.3. The van der Waals surface area contributed by atoms with E-state index in [2.05, 4.69) is 9.98 Å². The van der Waals surface area contributed by atoms with Crippen LogP contribution in [0.1, 0.15) is 67.2 Å². The first-order chi connectivity index (χ1) is 12.4. The van der Waals surface area contributed by atoms with Gasteiger partial charge in [0.1, 0.15) is 0 Å². The fourth-order valence-corrected chi connectivity index (χ4v) is 2.69. The van der Waals surface area contributed by atoms with Crippen LogP contribution in [0.5, 0.6) is 0 Å². The summed E-state index contributed by atoms with van der Waals surface area (Å²) in [6, 6.07) is 0. The Morgan fingerprint density at radius 1 is 0.654 bits per heavy atom. The zero-order chi connectivity index (χ0) is 19.9. The third kappa shape index (κ3) is 10.3. The number of hydrogen-bond acceptors (Lipinski definition) is 4. The fourth-order valence-electron chi connectivity index (χ4n) is 2.69. The predicted molar refractivity (Wildman–Crippen MR) is 110 cm³/mol. The summed E-state index contributed by atoms with van der Waals surface area (Å²) in [4.78, 5) is 36.6. The van der Waals surface area contributed by atoms with E-state index in [9.17, 15) is 9.59 Å². The largest absolute Gasteiger partial charge is 0.343 e. The first-order valence-corrected chi connectivity index (χ1v) is 9.94. The van der Waals surface area contributed by atoms with Gasteiger partial charge in [0.15, 0.2) is 0 Å². The Morgan fingerprint density at radius 2 is 0.962 bits per heavy atom. The van der Waals surface area contributed by atoms with E-state index in [4.69, 9.17) is 0 Å². The molecule has 0 fully saturated rings. The molecule has 26 heavy (non-hydrogen) atoms. The Balaban J connectivity index is 4.07. The van der Waals surface area contributed by atoms with Crippen LogP contribution in [0.15, 0.2) is 9.98 Å². The van der Waals surface area contributed by atoms with Gasteiger partial charge >= 0.3 is 0 Å². The Bertz CT molecular complexity index is 434. The topological polar surface area (TPSA) is 65.3 Å². The molecule has 0 N–H and O–H groups in total. The second-order valence-corrected chi connectivity index (χ2v) is 6.43. The lowest BCUT2D eigenvalue weighted by Crippen LogP contribution is -2.31. The quantitative estimate of drug-likeness (QED) is 0.371. The molecule has 0 atom stereocenters. The summed E-state index contributed by atoms with van der Waals surface area (Å²) in [6.45, 7) is 16.2. The summed E-state index contributed by atoms with van der Waals surface area (Å²) >= 11 is 0. The summed E-state index contributed by atoms with van der Waals surface area (Å²) < 4.78 is 0. The predicted octanol–water partition coefficient (Wildman–Crippen LogP) is 3.21. The van der Waals surface area contributed by atoms with Crippen LogP contribution in [-0.2, 0) is 9.59 Å². The third-order valence-corrected chi connectivity index (χ3v) is 4.38. The van der Waals surface area contributed by atoms with Crippen LogP contribution in [0.4, 0.5) is 0 Å². The van der Waals surface area contributed by atoms with Gasteiger partial charge in [-0.1, -0.05) is 0 Å². The summed E-state index contributed by atoms with van der Waals surface area (Å²) in [5, 5.41) is 0. The molecule has 6 nitrogen and oxygen atoms in total. The summed E-state index contributed by atoms with van der Waals surface area (Å²) in [6.07, 6.45) is 2.70. The van der Waals surface area contributed by atoms with E-state index in [-0.39, 0.29) is 11.8 Å². The Kier molecular flexibility index (Phi) is 13.5. The monoisotopic (exact) mass is 366 g/mol. The van der Waals surface area contributed by atoms with Gasteiger partial charge in [-0.15, -0.1) is 0 Å². The van der Waals surface area contributed by atoms with Crippen molar-refractivity contribution >= 4 is 23.2 Å². The normalized spacial score (nSPS) is 12.2. The molecule has 0 saturated carbocycles. The van der Waals surface area contributed by atoms with Gasteiger partial charge in [-0.05, 0) is 54.4 Å². The molecule has 0 aliphatic carbocycles. The molecule has 0 rings (SSSR count). The number of nitrogens with zero attached hydrogens (tertiary/aromatic N) is 4. The van der Waals surface area contributed by atoms with Crippen molar-refractivity contribution in [3.8, 4) is 0 Å². The summed E-state index contributed by atoms with van der Waals surface area (Å²) in [7, 11) is 0. The molecule has 0 heterocycles. The van der Waals surface area contributed by atoms with Gasteiger partial charge in [-0.25, -0.2) is 0 Å². The molecule has 0 bridgehead atoms. The van der Waals surface area contributed by atoms with Crippen LogP contribution in [0.25, 0.3) is 0 Å². The van der Waals surface area contributed by atoms with Gasteiger partial charge in [0, 0.05) is 50.7 Å². The van der Waals surface area contributed by atoms with Crippen molar-refractivity contribution in [2.75, 3.05) is 39.3 Å². The van der Waals surface area contributed by atoms with Crippen LogP contribution < -0.4 is 0 Å². The highest BCUT2D eigenvalue weighted by Gasteiger charge is 2.11. The third-order valence-electron chi connectivity index (χ3n) is 4.38. The number of rotatable bonds is 13. The van der Waals surface area contributed by atoms with E-state index in [0.717, 1.165) is 63.5 Å². The average Bonchev–Trinajstić information content (AvgIpc) is 2.60. The van der Waals surface area contributed by atoms with E-state index >= 15 is 0 Å². The highest BCUT2D eigenvalue weighted by Crippen LogP contribution is 2.00. The number of carbonyl (C=O) groups is 2. The van der Waals surface area contributed by atoms with E-state index in [1.165, 1.54) is 0 Å². The van der Waals surface area contributed by atoms with Crippen LogP contribution >= 0.6 is 0 Å². The van der Waals surface area contributed by atoms with Gasteiger partial charge < -0.3 is 9.80 Å². The van der Waals surface area contributed by atoms with Gasteiger partial charge in [0.05, 0.1) is 12.8 Å². The maximum atomic E-state index is 12.0. The average molecular weight is 367 g/mol. The SMILES string of the molecule is CCN(CC)C(=O)CC(C)=NCCCCN=C(C)CC(=O)N(CC)CC. The van der Waals surface area contributed by atoms with Crippen molar-refractivity contribution in [2.24, 2.45) is 9.98 Å². The molecule has 0 aromatic carbocycles. The minimum Gasteiger partial charge on any atom is -0.343 e. The van der Waals surface area contributed by atoms with Crippen molar-refractivity contribution in [1.29, 1.82) is 0 Å². The van der Waals surface area contributed by atoms with Gasteiger partial charge in [0.25, 0.3) is 0 Å². The van der Waals surface area contributed by atoms with Crippen molar-refractivity contribution in [3.05, 3.63) is 0 Å². The molecule has 0 saturated heterocycles. The number of amides is 2. The number of unbranched alkanes of at least 4 members (excludes halogenated alkanes) is 1. The van der Waals surface area contributed by atoms with Crippen molar-refractivity contribution in [1.82, 2.24) is 9.80 Å². The molecule has 0 aromatic heterocycles. The molecule has 0 aliphatic heterocycles. The number of hydrogen-bond donors (Lipinski definition) is 0. The Morgan fingerprint density at radius 3 is 1.23 bits per heavy atom. The molecule has 0 spiro atoms. The van der Waals surface area contributed by atoms with Crippen molar-refractivity contribution < 1.29 is 9.59 Å². The van der Waals surface area contributed by atoms with Crippen LogP contribution in [0.2, 0.25) is 0 Å². The molecule has 6 heteroatoms. The molecule has 150 valence electrons. The smallest absolute Gasteiger partial charge is 0.228 e. The van der Waals surface area contributed by atoms with Crippen LogP contribution in [0, 0.1) is 0 Å². The Labute approximate surface area is 159 Å². The van der Waals surface area contributed by atoms with Crippen molar-refractivity contribution in [2.45, 2.75) is 67.2 Å². The lowest BCUT2D eigenvalue weighted by Gasteiger charge is -2.18. The lowest BCUT2D eigenvalue weighted by molar-refractivity contribution is -0.130. The van der Waals surface area contributed by atoms with Crippen molar-refractivity contribution in [3.63, 3.8) is 0 Å². The van der Waals surface area contributed by atoms with Gasteiger partial charge in [-0.3, -0.25) is 19.6 Å². The molecule has 0 radical (unpaired) electrons. The number of carbonyl (C=O) groups excluding carboxylic acids is 2. The lowest BCUT2D eigenvalue weighted by atomic mass is 10.2. The molecule has 0 aliphatic rings. The fraction of sp³-hybridized carbons (Fsp3) is 0.800. The summed E-state index contributed by atoms with van der Waals surface area (Å²) in [5.74, 6) is 0.295. The van der Waals surface area contributed by atoms with E-state index in [1.54, 1.807) is 0 Å². The standard InChI is InChI=1S/C20H38N4O2/c1-7-23(8-2)19(25)15-17(5)21-13-11-12-14-22-18(6)16-20(26)24(9-3)10-4/h7-16H2,1-6H3. The molecule has 2 amide bonds. The molecular formula is C20H38N4O2. The summed E-state index contributed by atoms with van der Waals surface area (Å²) in [5.41, 5.74) is 1.79.